The van der Waals surface area contributed by atoms with E-state index in [0.717, 1.165) is 17.7 Å². The molecule has 0 spiro atoms. The number of hydrogen-bond donors (Lipinski definition) is 2. The Morgan fingerprint density at radius 3 is 2.13 bits per heavy atom. The lowest BCUT2D eigenvalue weighted by molar-refractivity contribution is -0.119. The zero-order valence-electron chi connectivity index (χ0n) is 16.8. The Bertz CT molecular complexity index is 904. The number of rotatable bonds is 6. The van der Waals surface area contributed by atoms with Gasteiger partial charge in [0.15, 0.2) is 6.61 Å². The van der Waals surface area contributed by atoms with Crippen molar-refractivity contribution in [1.82, 2.24) is 5.32 Å². The van der Waals surface area contributed by atoms with Gasteiger partial charge in [0.2, 0.25) is 0 Å². The zero-order valence-corrected chi connectivity index (χ0v) is 16.8. The average Bonchev–Trinajstić information content (AvgIpc) is 2.62. The van der Waals surface area contributed by atoms with Gasteiger partial charge in [-0.25, -0.2) is 18.4 Å². The van der Waals surface area contributed by atoms with E-state index in [1.54, 1.807) is 32.9 Å². The van der Waals surface area contributed by atoms with Crippen molar-refractivity contribution in [2.45, 2.75) is 32.9 Å². The largest absolute Gasteiger partial charge is 0.452 e. The minimum absolute atomic E-state index is 0.0876. The highest BCUT2D eigenvalue weighted by Crippen LogP contribution is 2.13. The van der Waals surface area contributed by atoms with E-state index < -0.39 is 41.8 Å². The third kappa shape index (κ3) is 7.86. The van der Waals surface area contributed by atoms with Gasteiger partial charge in [0.1, 0.15) is 17.2 Å². The van der Waals surface area contributed by atoms with Gasteiger partial charge in [0.25, 0.3) is 5.91 Å². The van der Waals surface area contributed by atoms with Crippen molar-refractivity contribution in [3.63, 3.8) is 0 Å². The number of carbonyl (C=O) groups excluding carboxylic acids is 3. The summed E-state index contributed by atoms with van der Waals surface area (Å²) in [7, 11) is 0. The standard InChI is InChI=1S/C21H22F2N2O5/c1-21(2,3)30-20(28)24-11-13-4-6-14(7-5-13)19(27)29-12-18(26)25-17-9-15(22)8-16(23)10-17/h4-10H,11-12H2,1-3H3,(H,24,28)(H,25,26). The maximum atomic E-state index is 13.1. The number of benzene rings is 2. The molecule has 9 heteroatoms. The molecule has 2 amide bonds. The van der Waals surface area contributed by atoms with Crippen molar-refractivity contribution in [2.24, 2.45) is 0 Å². The molecule has 0 saturated heterocycles. The van der Waals surface area contributed by atoms with Gasteiger partial charge < -0.3 is 20.1 Å². The van der Waals surface area contributed by atoms with Crippen molar-refractivity contribution in [1.29, 1.82) is 0 Å². The molecule has 0 aromatic heterocycles. The first-order valence-corrected chi connectivity index (χ1v) is 9.01. The molecule has 7 nitrogen and oxygen atoms in total. The smallest absolute Gasteiger partial charge is 0.407 e. The monoisotopic (exact) mass is 420 g/mol. The van der Waals surface area contributed by atoms with Crippen LogP contribution in [0.1, 0.15) is 36.7 Å². The number of nitrogens with one attached hydrogen (secondary N) is 2. The summed E-state index contributed by atoms with van der Waals surface area (Å²) in [6.07, 6.45) is -0.560. The SMILES string of the molecule is CC(C)(C)OC(=O)NCc1ccc(C(=O)OCC(=O)Nc2cc(F)cc(F)c2)cc1. The number of ether oxygens (including phenoxy) is 2. The lowest BCUT2D eigenvalue weighted by atomic mass is 10.1. The summed E-state index contributed by atoms with van der Waals surface area (Å²) in [6, 6.07) is 8.73. The summed E-state index contributed by atoms with van der Waals surface area (Å²) in [5.41, 5.74) is 0.228. The molecule has 2 rings (SSSR count). The van der Waals surface area contributed by atoms with Gasteiger partial charge in [0, 0.05) is 18.3 Å². The fraction of sp³-hybridized carbons (Fsp3) is 0.286. The zero-order chi connectivity index (χ0) is 22.3. The Balaban J connectivity index is 1.81. The molecule has 0 aliphatic rings. The Morgan fingerprint density at radius 2 is 1.57 bits per heavy atom. The number of amides is 2. The highest BCUT2D eigenvalue weighted by Gasteiger charge is 2.16. The molecular formula is C21H22F2N2O5. The molecule has 0 fully saturated rings. The summed E-state index contributed by atoms with van der Waals surface area (Å²) >= 11 is 0. The average molecular weight is 420 g/mol. The molecule has 0 heterocycles. The Kier molecular flexibility index (Phi) is 7.46. The van der Waals surface area contributed by atoms with Crippen molar-refractivity contribution in [3.05, 3.63) is 65.2 Å². The van der Waals surface area contributed by atoms with E-state index in [9.17, 15) is 23.2 Å². The van der Waals surface area contributed by atoms with E-state index in [0.29, 0.717) is 6.07 Å². The van der Waals surface area contributed by atoms with Crippen LogP contribution in [0, 0.1) is 11.6 Å². The Morgan fingerprint density at radius 1 is 0.967 bits per heavy atom. The predicted molar refractivity (Wildman–Crippen MR) is 105 cm³/mol. The van der Waals surface area contributed by atoms with Crippen LogP contribution in [0.2, 0.25) is 0 Å². The van der Waals surface area contributed by atoms with E-state index in [1.165, 1.54) is 12.1 Å². The first-order valence-electron chi connectivity index (χ1n) is 9.01. The quantitative estimate of drug-likeness (QED) is 0.694. The second kappa shape index (κ2) is 9.82. The molecule has 2 aromatic carbocycles. The van der Waals surface area contributed by atoms with Gasteiger partial charge in [-0.2, -0.15) is 0 Å². The summed E-state index contributed by atoms with van der Waals surface area (Å²) < 4.78 is 36.2. The van der Waals surface area contributed by atoms with E-state index in [2.05, 4.69) is 10.6 Å². The molecule has 0 bridgehead atoms. The number of carbonyl (C=O) groups is 3. The first kappa shape index (κ1) is 22.8. The minimum Gasteiger partial charge on any atom is -0.452 e. The normalized spacial score (nSPS) is 10.8. The summed E-state index contributed by atoms with van der Waals surface area (Å²) in [5.74, 6) is -3.18. The van der Waals surface area contributed by atoms with Crippen LogP contribution in [0.25, 0.3) is 0 Å². The summed E-state index contributed by atoms with van der Waals surface area (Å²) in [4.78, 5) is 35.5. The van der Waals surface area contributed by atoms with Crippen molar-refractivity contribution in [3.8, 4) is 0 Å². The van der Waals surface area contributed by atoms with Crippen LogP contribution in [0.4, 0.5) is 19.3 Å². The van der Waals surface area contributed by atoms with Gasteiger partial charge in [-0.3, -0.25) is 4.79 Å². The highest BCUT2D eigenvalue weighted by atomic mass is 19.1. The first-order chi connectivity index (χ1) is 14.0. The predicted octanol–water partition coefficient (Wildman–Crippen LogP) is 3.79. The number of esters is 1. The van der Waals surface area contributed by atoms with Gasteiger partial charge >= 0.3 is 12.1 Å². The van der Waals surface area contributed by atoms with Gasteiger partial charge in [-0.05, 0) is 50.6 Å². The topological polar surface area (TPSA) is 93.7 Å². The third-order valence-electron chi connectivity index (χ3n) is 3.51. The van der Waals surface area contributed by atoms with Crippen LogP contribution < -0.4 is 10.6 Å². The van der Waals surface area contributed by atoms with E-state index in [4.69, 9.17) is 9.47 Å². The maximum Gasteiger partial charge on any atom is 0.407 e. The molecule has 2 aromatic rings. The Hall–Kier alpha value is -3.49. The fourth-order valence-corrected chi connectivity index (χ4v) is 2.28. The van der Waals surface area contributed by atoms with Crippen LogP contribution >= 0.6 is 0 Å². The molecule has 30 heavy (non-hydrogen) atoms. The lowest BCUT2D eigenvalue weighted by Crippen LogP contribution is -2.32. The molecule has 2 N–H and O–H groups in total. The molecule has 0 radical (unpaired) electrons. The van der Waals surface area contributed by atoms with E-state index in [1.807, 2.05) is 0 Å². The maximum absolute atomic E-state index is 13.1. The van der Waals surface area contributed by atoms with Gasteiger partial charge in [0.05, 0.1) is 5.56 Å². The second-order valence-electron chi connectivity index (χ2n) is 7.33. The van der Waals surface area contributed by atoms with E-state index in [-0.39, 0.29) is 17.8 Å². The number of alkyl carbamates (subject to hydrolysis) is 1. The number of anilines is 1. The van der Waals surface area contributed by atoms with Gasteiger partial charge in [-0.1, -0.05) is 12.1 Å². The number of hydrogen-bond acceptors (Lipinski definition) is 5. The second-order valence-corrected chi connectivity index (χ2v) is 7.33. The molecule has 0 unspecified atom stereocenters. The fourth-order valence-electron chi connectivity index (χ4n) is 2.28. The van der Waals surface area contributed by atoms with Crippen molar-refractivity contribution < 1.29 is 32.6 Å². The van der Waals surface area contributed by atoms with Crippen LogP contribution in [0.15, 0.2) is 42.5 Å². The third-order valence-corrected chi connectivity index (χ3v) is 3.51. The summed E-state index contributed by atoms with van der Waals surface area (Å²) in [6.45, 7) is 4.84. The molecular weight excluding hydrogens is 398 g/mol. The van der Waals surface area contributed by atoms with E-state index >= 15 is 0 Å². The molecule has 0 aliphatic heterocycles. The minimum atomic E-state index is -0.844. The number of halogens is 2. The molecule has 0 aliphatic carbocycles. The van der Waals surface area contributed by atoms with Crippen LogP contribution in [-0.4, -0.2) is 30.2 Å². The summed E-state index contributed by atoms with van der Waals surface area (Å²) in [5, 5.41) is 4.83. The highest BCUT2D eigenvalue weighted by molar-refractivity contribution is 5.95. The molecule has 0 saturated carbocycles. The van der Waals surface area contributed by atoms with Crippen molar-refractivity contribution >= 4 is 23.7 Å². The van der Waals surface area contributed by atoms with Crippen molar-refractivity contribution in [2.75, 3.05) is 11.9 Å². The van der Waals surface area contributed by atoms with Crippen LogP contribution in [0.3, 0.4) is 0 Å². The van der Waals surface area contributed by atoms with Crippen LogP contribution in [0.5, 0.6) is 0 Å². The lowest BCUT2D eigenvalue weighted by Gasteiger charge is -2.19. The van der Waals surface area contributed by atoms with Crippen LogP contribution in [-0.2, 0) is 20.8 Å². The van der Waals surface area contributed by atoms with Gasteiger partial charge in [-0.15, -0.1) is 0 Å². The Labute approximate surface area is 172 Å². The molecule has 0 atom stereocenters. The molecule has 160 valence electrons.